The zero-order valence-electron chi connectivity index (χ0n) is 23.1. The van der Waals surface area contributed by atoms with Gasteiger partial charge in [0, 0.05) is 18.3 Å². The molecule has 6 rings (SSSR count). The van der Waals surface area contributed by atoms with Crippen molar-refractivity contribution in [2.75, 3.05) is 10.8 Å². The number of benzene rings is 4. The summed E-state index contributed by atoms with van der Waals surface area (Å²) in [5, 5.41) is 0. The molecular formula is C33H25F3N4O3S. The summed E-state index contributed by atoms with van der Waals surface area (Å²) in [6, 6.07) is 29.1. The van der Waals surface area contributed by atoms with Gasteiger partial charge in [0.1, 0.15) is 12.4 Å². The van der Waals surface area contributed by atoms with Crippen LogP contribution < -0.4 is 9.03 Å². The number of amides is 1. The SMILES string of the molecule is O=C1CN(c2ccc(Cn3cc(-c4ccccc4)nc3C=Cc3ccc(-c4cccc(C(F)(F)F)c4)cc3)cc2)S(=O)(=O)N1. The van der Waals surface area contributed by atoms with Crippen molar-refractivity contribution in [3.8, 4) is 22.4 Å². The van der Waals surface area contributed by atoms with Crippen LogP contribution in [0.15, 0.2) is 109 Å². The first kappa shape index (κ1) is 28.9. The number of aromatic nitrogens is 2. The maximum Gasteiger partial charge on any atom is 0.416 e. The number of carbonyl (C=O) groups is 1. The number of carbonyl (C=O) groups excluding carboxylic acids is 1. The van der Waals surface area contributed by atoms with Gasteiger partial charge in [-0.15, -0.1) is 0 Å². The monoisotopic (exact) mass is 614 g/mol. The molecule has 0 bridgehead atoms. The van der Waals surface area contributed by atoms with Gasteiger partial charge in [-0.05, 0) is 52.6 Å². The van der Waals surface area contributed by atoms with Crippen molar-refractivity contribution in [1.29, 1.82) is 0 Å². The number of rotatable bonds is 7. The van der Waals surface area contributed by atoms with Crippen LogP contribution in [0.3, 0.4) is 0 Å². The molecule has 5 aromatic rings. The van der Waals surface area contributed by atoms with E-state index in [-0.39, 0.29) is 6.54 Å². The maximum absolute atomic E-state index is 13.2. The Morgan fingerprint density at radius 3 is 2.18 bits per heavy atom. The number of nitrogens with one attached hydrogen (secondary N) is 1. The van der Waals surface area contributed by atoms with Crippen molar-refractivity contribution in [3.05, 3.63) is 132 Å². The van der Waals surface area contributed by atoms with Gasteiger partial charge in [0.2, 0.25) is 0 Å². The van der Waals surface area contributed by atoms with Crippen LogP contribution in [-0.4, -0.2) is 30.4 Å². The van der Waals surface area contributed by atoms with Gasteiger partial charge in [-0.3, -0.25) is 4.79 Å². The van der Waals surface area contributed by atoms with Crippen molar-refractivity contribution >= 4 is 34.0 Å². The lowest BCUT2D eigenvalue weighted by Gasteiger charge is -2.15. The zero-order chi connectivity index (χ0) is 30.9. The number of alkyl halides is 3. The van der Waals surface area contributed by atoms with Crippen LogP contribution in [0.2, 0.25) is 0 Å². The molecule has 0 atom stereocenters. The fraction of sp³-hybridized carbons (Fsp3) is 0.0909. The van der Waals surface area contributed by atoms with Gasteiger partial charge in [0.25, 0.3) is 5.91 Å². The molecule has 2 heterocycles. The molecule has 0 saturated carbocycles. The number of hydrogen-bond acceptors (Lipinski definition) is 4. The quantitative estimate of drug-likeness (QED) is 0.223. The van der Waals surface area contributed by atoms with Crippen molar-refractivity contribution in [2.45, 2.75) is 12.7 Å². The summed E-state index contributed by atoms with van der Waals surface area (Å²) < 4.78 is 68.8. The summed E-state index contributed by atoms with van der Waals surface area (Å²) in [6.45, 7) is 0.178. The standard InChI is InChI=1S/C33H25F3N4O3S/c34-33(35,36)28-8-4-7-27(19-28)25-14-9-23(10-15-25)13-18-31-37-30(26-5-2-1-3-6-26)21-39(31)20-24-11-16-29(17-12-24)40-22-32(41)38-44(40,42)43/h1-19,21H,20,22H2,(H,38,41). The van der Waals surface area contributed by atoms with Crippen molar-refractivity contribution in [3.63, 3.8) is 0 Å². The number of nitrogens with zero attached hydrogens (tertiary/aromatic N) is 3. The van der Waals surface area contributed by atoms with E-state index in [0.717, 1.165) is 38.8 Å². The highest BCUT2D eigenvalue weighted by atomic mass is 32.2. The van der Waals surface area contributed by atoms with E-state index < -0.39 is 27.9 Å². The van der Waals surface area contributed by atoms with E-state index in [4.69, 9.17) is 4.98 Å². The number of hydrogen-bond donors (Lipinski definition) is 1. The number of imidazole rings is 1. The minimum absolute atomic E-state index is 0.264. The van der Waals surface area contributed by atoms with Gasteiger partial charge in [0.15, 0.2) is 0 Å². The third kappa shape index (κ3) is 6.28. The van der Waals surface area contributed by atoms with Gasteiger partial charge in [0.05, 0.1) is 16.9 Å². The normalized spacial score (nSPS) is 14.7. The van der Waals surface area contributed by atoms with Gasteiger partial charge < -0.3 is 4.57 Å². The van der Waals surface area contributed by atoms with Crippen LogP contribution in [0, 0.1) is 0 Å². The second kappa shape index (κ2) is 11.5. The molecule has 1 amide bonds. The average molecular weight is 615 g/mol. The van der Waals surface area contributed by atoms with Crippen LogP contribution in [0.25, 0.3) is 34.5 Å². The minimum Gasteiger partial charge on any atom is -0.326 e. The number of anilines is 1. The van der Waals surface area contributed by atoms with Gasteiger partial charge >= 0.3 is 16.4 Å². The Hall–Kier alpha value is -5.16. The Labute approximate surface area is 252 Å². The molecule has 44 heavy (non-hydrogen) atoms. The predicted molar refractivity (Wildman–Crippen MR) is 163 cm³/mol. The summed E-state index contributed by atoms with van der Waals surface area (Å²) in [7, 11) is -3.89. The van der Waals surface area contributed by atoms with E-state index in [1.807, 2.05) is 70.1 Å². The Morgan fingerprint density at radius 1 is 0.818 bits per heavy atom. The lowest BCUT2D eigenvalue weighted by atomic mass is 10.0. The second-order valence-corrected chi connectivity index (χ2v) is 11.8. The molecule has 1 aromatic heterocycles. The molecule has 11 heteroatoms. The summed E-state index contributed by atoms with van der Waals surface area (Å²) in [5.41, 5.74) is 4.30. The molecule has 0 aliphatic carbocycles. The first-order chi connectivity index (χ1) is 21.0. The van der Waals surface area contributed by atoms with Crippen LogP contribution in [-0.2, 0) is 27.7 Å². The van der Waals surface area contributed by atoms with Gasteiger partial charge in [-0.25, -0.2) is 14.0 Å². The molecule has 222 valence electrons. The molecule has 1 aliphatic heterocycles. The average Bonchev–Trinajstić information content (AvgIpc) is 3.54. The Bertz CT molecular complexity index is 1950. The third-order valence-electron chi connectivity index (χ3n) is 7.13. The largest absolute Gasteiger partial charge is 0.416 e. The Morgan fingerprint density at radius 2 is 1.52 bits per heavy atom. The Kier molecular flexibility index (Phi) is 7.56. The van der Waals surface area contributed by atoms with Crippen LogP contribution >= 0.6 is 0 Å². The van der Waals surface area contributed by atoms with E-state index in [1.165, 1.54) is 6.07 Å². The first-order valence-corrected chi connectivity index (χ1v) is 15.0. The van der Waals surface area contributed by atoms with E-state index in [2.05, 4.69) is 0 Å². The number of halogens is 3. The van der Waals surface area contributed by atoms with E-state index in [9.17, 15) is 26.4 Å². The molecule has 1 fully saturated rings. The van der Waals surface area contributed by atoms with Crippen molar-refractivity contribution in [2.24, 2.45) is 0 Å². The van der Waals surface area contributed by atoms with Crippen molar-refractivity contribution in [1.82, 2.24) is 14.3 Å². The smallest absolute Gasteiger partial charge is 0.326 e. The lowest BCUT2D eigenvalue weighted by molar-refractivity contribution is -0.137. The minimum atomic E-state index is -4.41. The first-order valence-electron chi connectivity index (χ1n) is 13.6. The topological polar surface area (TPSA) is 84.3 Å². The molecular weight excluding hydrogens is 589 g/mol. The highest BCUT2D eigenvalue weighted by molar-refractivity contribution is 7.92. The van der Waals surface area contributed by atoms with Crippen LogP contribution in [0.5, 0.6) is 0 Å². The lowest BCUT2D eigenvalue weighted by Crippen LogP contribution is -2.29. The van der Waals surface area contributed by atoms with Gasteiger partial charge in [-0.1, -0.05) is 84.9 Å². The van der Waals surface area contributed by atoms with E-state index >= 15 is 0 Å². The van der Waals surface area contributed by atoms with E-state index in [1.54, 1.807) is 42.5 Å². The highest BCUT2D eigenvalue weighted by Crippen LogP contribution is 2.32. The second-order valence-electron chi connectivity index (χ2n) is 10.2. The zero-order valence-corrected chi connectivity index (χ0v) is 23.9. The third-order valence-corrected chi connectivity index (χ3v) is 8.54. The Balaban J connectivity index is 1.25. The molecule has 1 N–H and O–H groups in total. The summed E-state index contributed by atoms with van der Waals surface area (Å²) in [5.74, 6) is 0.0921. The molecule has 0 radical (unpaired) electrons. The molecule has 1 aliphatic rings. The summed E-state index contributed by atoms with van der Waals surface area (Å²) in [4.78, 5) is 16.4. The van der Waals surface area contributed by atoms with Crippen LogP contribution in [0.4, 0.5) is 18.9 Å². The molecule has 7 nitrogen and oxygen atoms in total. The fourth-order valence-corrected chi connectivity index (χ4v) is 6.06. The van der Waals surface area contributed by atoms with Crippen molar-refractivity contribution < 1.29 is 26.4 Å². The highest BCUT2D eigenvalue weighted by Gasteiger charge is 2.34. The summed E-state index contributed by atoms with van der Waals surface area (Å²) >= 11 is 0. The maximum atomic E-state index is 13.2. The van der Waals surface area contributed by atoms with E-state index in [0.29, 0.717) is 29.2 Å². The van der Waals surface area contributed by atoms with Crippen LogP contribution in [0.1, 0.15) is 22.5 Å². The summed E-state index contributed by atoms with van der Waals surface area (Å²) in [6.07, 6.45) is 1.28. The predicted octanol–water partition coefficient (Wildman–Crippen LogP) is 6.64. The van der Waals surface area contributed by atoms with Gasteiger partial charge in [-0.2, -0.15) is 21.6 Å². The molecule has 4 aromatic carbocycles. The molecule has 0 spiro atoms. The molecule has 0 unspecified atom stereocenters. The fourth-order valence-electron chi connectivity index (χ4n) is 4.91. The molecule has 1 saturated heterocycles.